The Bertz CT molecular complexity index is 323. The van der Waals surface area contributed by atoms with E-state index in [0.29, 0.717) is 6.61 Å². The maximum absolute atomic E-state index is 5.66. The van der Waals surface area contributed by atoms with E-state index >= 15 is 0 Å². The summed E-state index contributed by atoms with van der Waals surface area (Å²) in [5, 5.41) is 3.28. The third kappa shape index (κ3) is 6.66. The minimum atomic E-state index is 0.600. The highest BCUT2D eigenvalue weighted by atomic mass is 16.5. The number of hydrogen-bond donors (Lipinski definition) is 1. The van der Waals surface area contributed by atoms with Gasteiger partial charge in [-0.1, -0.05) is 26.8 Å². The van der Waals surface area contributed by atoms with Gasteiger partial charge in [-0.05, 0) is 31.3 Å². The summed E-state index contributed by atoms with van der Waals surface area (Å²) in [5.74, 6) is 0. The van der Waals surface area contributed by atoms with Crippen molar-refractivity contribution in [1.29, 1.82) is 0 Å². The van der Waals surface area contributed by atoms with E-state index in [4.69, 9.17) is 4.74 Å². The summed E-state index contributed by atoms with van der Waals surface area (Å²) < 4.78 is 5.66. The van der Waals surface area contributed by atoms with Crippen molar-refractivity contribution >= 4 is 0 Å². The first-order valence-electron chi connectivity index (χ1n) is 7.24. The molecule has 1 aromatic heterocycles. The van der Waals surface area contributed by atoms with Gasteiger partial charge in [-0.3, -0.25) is 4.98 Å². The van der Waals surface area contributed by atoms with Gasteiger partial charge in [0.15, 0.2) is 0 Å². The molecule has 0 saturated carbocycles. The predicted molar refractivity (Wildman–Crippen MR) is 79.1 cm³/mol. The fourth-order valence-electron chi connectivity index (χ4n) is 1.82. The summed E-state index contributed by atoms with van der Waals surface area (Å²) in [6.45, 7) is 12.8. The maximum Gasteiger partial charge on any atom is 0.0888 e. The van der Waals surface area contributed by atoms with Gasteiger partial charge in [0.2, 0.25) is 0 Å². The molecule has 0 aliphatic rings. The Morgan fingerprint density at radius 2 is 2.00 bits per heavy atom. The molecule has 1 rings (SSSR count). The van der Waals surface area contributed by atoms with Gasteiger partial charge in [0.1, 0.15) is 0 Å². The van der Waals surface area contributed by atoms with Gasteiger partial charge in [-0.15, -0.1) is 0 Å². The van der Waals surface area contributed by atoms with Crippen LogP contribution in [0.3, 0.4) is 0 Å². The molecule has 0 amide bonds. The van der Waals surface area contributed by atoms with Crippen LogP contribution in [0.5, 0.6) is 0 Å². The lowest BCUT2D eigenvalue weighted by Crippen LogP contribution is -2.27. The first kappa shape index (κ1) is 16.1. The molecule has 0 radical (unpaired) electrons. The maximum atomic E-state index is 5.66. The molecule has 0 unspecified atom stereocenters. The highest BCUT2D eigenvalue weighted by Gasteiger charge is 2.00. The molecule has 0 aromatic carbocycles. The predicted octanol–water partition coefficient (Wildman–Crippen LogP) is 2.05. The van der Waals surface area contributed by atoms with Gasteiger partial charge >= 0.3 is 0 Å². The van der Waals surface area contributed by atoms with Gasteiger partial charge in [0.05, 0.1) is 18.9 Å². The van der Waals surface area contributed by atoms with Crippen molar-refractivity contribution in [1.82, 2.24) is 15.2 Å². The van der Waals surface area contributed by atoms with Crippen LogP contribution < -0.4 is 5.32 Å². The average Bonchev–Trinajstić information content (AvgIpc) is 2.46. The van der Waals surface area contributed by atoms with Gasteiger partial charge in [-0.25, -0.2) is 0 Å². The highest BCUT2D eigenvalue weighted by molar-refractivity contribution is 5.13. The number of pyridine rings is 1. The van der Waals surface area contributed by atoms with E-state index in [1.54, 1.807) is 0 Å². The van der Waals surface area contributed by atoms with E-state index in [1.807, 2.05) is 12.3 Å². The number of rotatable bonds is 10. The number of aromatic nitrogens is 1. The number of nitrogens with one attached hydrogen (secondary N) is 1. The quantitative estimate of drug-likeness (QED) is 0.657. The van der Waals surface area contributed by atoms with Crippen LogP contribution in [0, 0.1) is 0 Å². The van der Waals surface area contributed by atoms with E-state index in [2.05, 4.69) is 42.0 Å². The Balaban J connectivity index is 2.22. The van der Waals surface area contributed by atoms with E-state index in [9.17, 15) is 0 Å². The Labute approximate surface area is 117 Å². The number of hydrogen-bond acceptors (Lipinski definition) is 4. The van der Waals surface area contributed by atoms with Crippen LogP contribution in [0.4, 0.5) is 0 Å². The van der Waals surface area contributed by atoms with E-state index in [0.717, 1.165) is 45.0 Å². The third-order valence-electron chi connectivity index (χ3n) is 3.16. The fourth-order valence-corrected chi connectivity index (χ4v) is 1.82. The zero-order valence-electron chi connectivity index (χ0n) is 12.5. The van der Waals surface area contributed by atoms with Gasteiger partial charge in [0, 0.05) is 19.3 Å². The van der Waals surface area contributed by atoms with Gasteiger partial charge in [-0.2, -0.15) is 0 Å². The summed E-state index contributed by atoms with van der Waals surface area (Å²) >= 11 is 0. The number of ether oxygens (including phenoxy) is 1. The van der Waals surface area contributed by atoms with Crippen LogP contribution in [0.1, 0.15) is 32.0 Å². The van der Waals surface area contributed by atoms with Crippen molar-refractivity contribution in [3.63, 3.8) is 0 Å². The van der Waals surface area contributed by atoms with Crippen LogP contribution >= 0.6 is 0 Å². The molecular weight excluding hydrogens is 238 g/mol. The van der Waals surface area contributed by atoms with Crippen molar-refractivity contribution in [2.45, 2.75) is 33.9 Å². The Kier molecular flexibility index (Phi) is 8.38. The molecule has 0 aliphatic carbocycles. The molecule has 19 heavy (non-hydrogen) atoms. The highest BCUT2D eigenvalue weighted by Crippen LogP contribution is 2.02. The Morgan fingerprint density at radius 1 is 1.21 bits per heavy atom. The minimum Gasteiger partial charge on any atom is -0.374 e. The monoisotopic (exact) mass is 265 g/mol. The summed E-state index contributed by atoms with van der Waals surface area (Å²) in [6.07, 6.45) is 1.92. The zero-order valence-corrected chi connectivity index (χ0v) is 12.5. The zero-order chi connectivity index (χ0) is 13.9. The molecular formula is C15H27N3O. The first-order chi connectivity index (χ1) is 9.30. The molecule has 0 aliphatic heterocycles. The minimum absolute atomic E-state index is 0.600. The smallest absolute Gasteiger partial charge is 0.0888 e. The largest absolute Gasteiger partial charge is 0.374 e. The Hall–Kier alpha value is -0.970. The molecule has 1 N–H and O–H groups in total. The molecule has 0 fully saturated rings. The SMILES string of the molecule is CCNCc1ccc(COCCN(CC)CC)nc1. The second-order valence-electron chi connectivity index (χ2n) is 4.52. The summed E-state index contributed by atoms with van der Waals surface area (Å²) in [4.78, 5) is 6.76. The van der Waals surface area contributed by atoms with Crippen molar-refractivity contribution in [2.75, 3.05) is 32.8 Å². The normalized spacial score (nSPS) is 11.2. The molecule has 108 valence electrons. The van der Waals surface area contributed by atoms with Crippen LogP contribution in [-0.2, 0) is 17.9 Å². The fraction of sp³-hybridized carbons (Fsp3) is 0.667. The summed E-state index contributed by atoms with van der Waals surface area (Å²) in [6, 6.07) is 4.16. The van der Waals surface area contributed by atoms with Crippen molar-refractivity contribution in [3.05, 3.63) is 29.6 Å². The Morgan fingerprint density at radius 3 is 2.58 bits per heavy atom. The van der Waals surface area contributed by atoms with Gasteiger partial charge < -0.3 is 15.0 Å². The second-order valence-corrected chi connectivity index (χ2v) is 4.52. The lowest BCUT2D eigenvalue weighted by Gasteiger charge is -2.17. The van der Waals surface area contributed by atoms with Crippen molar-refractivity contribution in [2.24, 2.45) is 0 Å². The number of nitrogens with zero attached hydrogens (tertiary/aromatic N) is 2. The van der Waals surface area contributed by atoms with Crippen molar-refractivity contribution in [3.8, 4) is 0 Å². The lowest BCUT2D eigenvalue weighted by molar-refractivity contribution is 0.0936. The van der Waals surface area contributed by atoms with Crippen LogP contribution in [0.15, 0.2) is 18.3 Å². The van der Waals surface area contributed by atoms with E-state index in [1.165, 1.54) is 5.56 Å². The topological polar surface area (TPSA) is 37.4 Å². The molecule has 4 nitrogen and oxygen atoms in total. The molecule has 1 aromatic rings. The van der Waals surface area contributed by atoms with Gasteiger partial charge in [0.25, 0.3) is 0 Å². The van der Waals surface area contributed by atoms with Crippen molar-refractivity contribution < 1.29 is 4.74 Å². The second kappa shape index (κ2) is 9.89. The average molecular weight is 265 g/mol. The van der Waals surface area contributed by atoms with Crippen LogP contribution in [-0.4, -0.2) is 42.7 Å². The first-order valence-corrected chi connectivity index (χ1v) is 7.24. The van der Waals surface area contributed by atoms with E-state index < -0.39 is 0 Å². The molecule has 0 bridgehead atoms. The number of likely N-dealkylation sites (N-methyl/N-ethyl adjacent to an activating group) is 1. The summed E-state index contributed by atoms with van der Waals surface area (Å²) in [5.41, 5.74) is 2.22. The van der Waals surface area contributed by atoms with Crippen LogP contribution in [0.2, 0.25) is 0 Å². The molecule has 0 saturated heterocycles. The standard InChI is InChI=1S/C15H27N3O/c1-4-16-11-14-7-8-15(17-12-14)13-19-10-9-18(5-2)6-3/h7-8,12,16H,4-6,9-11,13H2,1-3H3. The van der Waals surface area contributed by atoms with E-state index in [-0.39, 0.29) is 0 Å². The third-order valence-corrected chi connectivity index (χ3v) is 3.16. The summed E-state index contributed by atoms with van der Waals surface area (Å²) in [7, 11) is 0. The molecule has 0 atom stereocenters. The van der Waals surface area contributed by atoms with Crippen LogP contribution in [0.25, 0.3) is 0 Å². The molecule has 4 heteroatoms. The molecule has 0 spiro atoms. The lowest BCUT2D eigenvalue weighted by atomic mass is 10.2. The molecule has 1 heterocycles.